The van der Waals surface area contributed by atoms with Crippen molar-refractivity contribution >= 4 is 39.3 Å². The number of hydroxylamine groups is 1. The minimum absolute atomic E-state index is 0.233. The largest absolute Gasteiger partial charge is 0.479 e. The molecule has 0 aliphatic carbocycles. The summed E-state index contributed by atoms with van der Waals surface area (Å²) >= 11 is 2.83. The number of rotatable bonds is 6. The standard InChI is InChI=1S/C16H14BrF2N3O4/c1-7-3-8(2)15(20-5-7)21-14-9(4-10(17)12(18)13(14)19)16(25)22-26-6-11(23)24/h3-5H,6H2,1-2H3,(H,20,21)(H,22,25)(H,23,24). The van der Waals surface area contributed by atoms with Gasteiger partial charge in [0.05, 0.1) is 15.7 Å². The SMILES string of the molecule is Cc1cnc(Nc2c(C(=O)NOCC(=O)O)cc(Br)c(F)c2F)c(C)c1. The highest BCUT2D eigenvalue weighted by Gasteiger charge is 2.23. The van der Waals surface area contributed by atoms with E-state index in [1.165, 1.54) is 6.20 Å². The Balaban J connectivity index is 2.41. The lowest BCUT2D eigenvalue weighted by molar-refractivity contribution is -0.144. The summed E-state index contributed by atoms with van der Waals surface area (Å²) < 4.78 is 28.1. The smallest absolute Gasteiger partial charge is 0.332 e. The minimum atomic E-state index is -1.31. The number of carbonyl (C=O) groups excluding carboxylic acids is 1. The molecule has 1 aromatic carbocycles. The zero-order chi connectivity index (χ0) is 19.4. The Hall–Kier alpha value is -2.59. The normalized spacial score (nSPS) is 10.5. The fourth-order valence-electron chi connectivity index (χ4n) is 2.08. The molecule has 0 bridgehead atoms. The third kappa shape index (κ3) is 4.52. The maximum absolute atomic E-state index is 14.4. The van der Waals surface area contributed by atoms with Gasteiger partial charge in [-0.1, -0.05) is 6.07 Å². The monoisotopic (exact) mass is 429 g/mol. The summed E-state index contributed by atoms with van der Waals surface area (Å²) in [5.74, 6) is -4.53. The summed E-state index contributed by atoms with van der Waals surface area (Å²) in [7, 11) is 0. The molecular formula is C16H14BrF2N3O4. The van der Waals surface area contributed by atoms with Gasteiger partial charge in [0.2, 0.25) is 0 Å². The highest BCUT2D eigenvalue weighted by atomic mass is 79.9. The van der Waals surface area contributed by atoms with Crippen LogP contribution in [0, 0.1) is 25.5 Å². The number of benzene rings is 1. The van der Waals surface area contributed by atoms with Crippen molar-refractivity contribution in [2.45, 2.75) is 13.8 Å². The van der Waals surface area contributed by atoms with Crippen LogP contribution in [-0.4, -0.2) is 28.6 Å². The van der Waals surface area contributed by atoms with E-state index in [1.807, 2.05) is 12.4 Å². The van der Waals surface area contributed by atoms with Crippen LogP contribution in [0.25, 0.3) is 0 Å². The number of nitrogens with one attached hydrogen (secondary N) is 2. The van der Waals surface area contributed by atoms with Gasteiger partial charge < -0.3 is 10.4 Å². The fourth-order valence-corrected chi connectivity index (χ4v) is 2.48. The number of aryl methyl sites for hydroxylation is 2. The van der Waals surface area contributed by atoms with Gasteiger partial charge in [0, 0.05) is 6.20 Å². The lowest BCUT2D eigenvalue weighted by atomic mass is 10.1. The number of carbonyl (C=O) groups is 2. The molecule has 0 aliphatic rings. The summed E-state index contributed by atoms with van der Waals surface area (Å²) in [5.41, 5.74) is 2.63. The molecule has 0 atom stereocenters. The second kappa shape index (κ2) is 8.19. The Labute approximate surface area is 155 Å². The van der Waals surface area contributed by atoms with Crippen molar-refractivity contribution in [1.82, 2.24) is 10.5 Å². The molecule has 1 heterocycles. The Morgan fingerprint density at radius 1 is 1.27 bits per heavy atom. The van der Waals surface area contributed by atoms with E-state index in [0.717, 1.165) is 11.6 Å². The summed E-state index contributed by atoms with van der Waals surface area (Å²) in [5, 5.41) is 11.1. The first-order chi connectivity index (χ1) is 12.2. The molecule has 1 aromatic heterocycles. The zero-order valence-electron chi connectivity index (χ0n) is 13.7. The first-order valence-corrected chi connectivity index (χ1v) is 8.01. The van der Waals surface area contributed by atoms with Gasteiger partial charge in [0.25, 0.3) is 5.91 Å². The second-order valence-electron chi connectivity index (χ2n) is 5.33. The molecular weight excluding hydrogens is 416 g/mol. The number of halogens is 3. The van der Waals surface area contributed by atoms with Crippen LogP contribution in [-0.2, 0) is 9.63 Å². The van der Waals surface area contributed by atoms with Crippen molar-refractivity contribution in [3.63, 3.8) is 0 Å². The van der Waals surface area contributed by atoms with Crippen molar-refractivity contribution in [3.8, 4) is 0 Å². The lowest BCUT2D eigenvalue weighted by Crippen LogP contribution is -2.27. The lowest BCUT2D eigenvalue weighted by Gasteiger charge is -2.15. The van der Waals surface area contributed by atoms with E-state index in [2.05, 4.69) is 31.1 Å². The van der Waals surface area contributed by atoms with E-state index in [0.29, 0.717) is 5.56 Å². The number of hydrogen-bond donors (Lipinski definition) is 3. The number of amides is 1. The number of anilines is 2. The number of nitrogens with zero attached hydrogens (tertiary/aromatic N) is 1. The van der Waals surface area contributed by atoms with E-state index < -0.39 is 35.8 Å². The molecule has 0 aliphatic heterocycles. The van der Waals surface area contributed by atoms with Crippen molar-refractivity contribution in [2.24, 2.45) is 0 Å². The van der Waals surface area contributed by atoms with E-state index >= 15 is 0 Å². The van der Waals surface area contributed by atoms with Crippen LogP contribution < -0.4 is 10.8 Å². The molecule has 0 radical (unpaired) electrons. The topological polar surface area (TPSA) is 101 Å². The van der Waals surface area contributed by atoms with Crippen LogP contribution in [0.4, 0.5) is 20.3 Å². The van der Waals surface area contributed by atoms with Crippen molar-refractivity contribution in [1.29, 1.82) is 0 Å². The number of aromatic nitrogens is 1. The average Bonchev–Trinajstić information content (AvgIpc) is 2.56. The molecule has 0 fully saturated rings. The van der Waals surface area contributed by atoms with Gasteiger partial charge in [-0.25, -0.2) is 24.0 Å². The Bertz CT molecular complexity index is 877. The minimum Gasteiger partial charge on any atom is -0.479 e. The van der Waals surface area contributed by atoms with Gasteiger partial charge in [-0.3, -0.25) is 9.63 Å². The van der Waals surface area contributed by atoms with Gasteiger partial charge >= 0.3 is 5.97 Å². The third-order valence-corrected chi connectivity index (χ3v) is 3.80. The maximum Gasteiger partial charge on any atom is 0.332 e. The van der Waals surface area contributed by atoms with Crippen LogP contribution in [0.1, 0.15) is 21.5 Å². The van der Waals surface area contributed by atoms with Crippen molar-refractivity contribution < 1.29 is 28.3 Å². The molecule has 138 valence electrons. The van der Waals surface area contributed by atoms with Gasteiger partial charge in [0.15, 0.2) is 18.2 Å². The fraction of sp³-hybridized carbons (Fsp3) is 0.188. The number of carboxylic acids is 1. The van der Waals surface area contributed by atoms with Crippen molar-refractivity contribution in [3.05, 3.63) is 51.1 Å². The molecule has 1 amide bonds. The molecule has 2 aromatic rings. The summed E-state index contributed by atoms with van der Waals surface area (Å²) in [6, 6.07) is 2.82. The van der Waals surface area contributed by atoms with E-state index in [4.69, 9.17) is 5.11 Å². The Morgan fingerprint density at radius 2 is 1.96 bits per heavy atom. The third-order valence-electron chi connectivity index (χ3n) is 3.23. The number of hydrogen-bond acceptors (Lipinski definition) is 5. The highest BCUT2D eigenvalue weighted by Crippen LogP contribution is 2.31. The summed E-state index contributed by atoms with van der Waals surface area (Å²) in [6.07, 6.45) is 1.53. The number of pyridine rings is 1. The van der Waals surface area contributed by atoms with Crippen molar-refractivity contribution in [2.75, 3.05) is 11.9 Å². The second-order valence-corrected chi connectivity index (χ2v) is 6.18. The number of aliphatic carboxylic acids is 1. The summed E-state index contributed by atoms with van der Waals surface area (Å²) in [6.45, 7) is 2.74. The molecule has 7 nitrogen and oxygen atoms in total. The van der Waals surface area contributed by atoms with Gasteiger partial charge in [0.1, 0.15) is 5.82 Å². The number of carboxylic acid groups (broad SMARTS) is 1. The predicted octanol–water partition coefficient (Wildman–Crippen LogP) is 3.23. The van der Waals surface area contributed by atoms with Gasteiger partial charge in [-0.15, -0.1) is 0 Å². The van der Waals surface area contributed by atoms with E-state index in [9.17, 15) is 18.4 Å². The van der Waals surface area contributed by atoms with Crippen LogP contribution in [0.15, 0.2) is 22.8 Å². The van der Waals surface area contributed by atoms with Crippen LogP contribution in [0.2, 0.25) is 0 Å². The van der Waals surface area contributed by atoms with Crippen LogP contribution >= 0.6 is 15.9 Å². The van der Waals surface area contributed by atoms with E-state index in [-0.39, 0.29) is 15.9 Å². The van der Waals surface area contributed by atoms with E-state index in [1.54, 1.807) is 13.0 Å². The van der Waals surface area contributed by atoms with Crippen LogP contribution in [0.5, 0.6) is 0 Å². The molecule has 26 heavy (non-hydrogen) atoms. The molecule has 10 heteroatoms. The molecule has 0 unspecified atom stereocenters. The maximum atomic E-state index is 14.4. The predicted molar refractivity (Wildman–Crippen MR) is 92.1 cm³/mol. The quantitative estimate of drug-likeness (QED) is 0.481. The Morgan fingerprint density at radius 3 is 2.58 bits per heavy atom. The Kier molecular flexibility index (Phi) is 6.22. The molecule has 0 saturated carbocycles. The van der Waals surface area contributed by atoms with Gasteiger partial charge in [-0.2, -0.15) is 0 Å². The zero-order valence-corrected chi connectivity index (χ0v) is 15.3. The molecule has 0 saturated heterocycles. The molecule has 2 rings (SSSR count). The highest BCUT2D eigenvalue weighted by molar-refractivity contribution is 9.10. The van der Waals surface area contributed by atoms with Gasteiger partial charge in [-0.05, 0) is 47.0 Å². The average molecular weight is 430 g/mol. The summed E-state index contributed by atoms with van der Waals surface area (Å²) in [4.78, 5) is 31.2. The van der Waals surface area contributed by atoms with Crippen LogP contribution in [0.3, 0.4) is 0 Å². The first kappa shape index (κ1) is 19.7. The first-order valence-electron chi connectivity index (χ1n) is 7.22. The molecule has 3 N–H and O–H groups in total. The molecule has 0 spiro atoms.